The number of aryl methyl sites for hydroxylation is 1. The first-order chi connectivity index (χ1) is 7.47. The summed E-state index contributed by atoms with van der Waals surface area (Å²) in [4.78, 5) is 6.60. The SMILES string of the molecule is Cc1cc(N(C(C)C)C(C)C)ncc1C#N. The predicted molar refractivity (Wildman–Crippen MR) is 66.4 cm³/mol. The molecule has 1 aromatic heterocycles. The van der Waals surface area contributed by atoms with E-state index in [9.17, 15) is 0 Å². The minimum Gasteiger partial charge on any atom is -0.352 e. The van der Waals surface area contributed by atoms with Gasteiger partial charge in [0.1, 0.15) is 11.9 Å². The van der Waals surface area contributed by atoms with Crippen LogP contribution >= 0.6 is 0 Å². The van der Waals surface area contributed by atoms with Crippen molar-refractivity contribution in [2.24, 2.45) is 0 Å². The molecule has 1 rings (SSSR count). The van der Waals surface area contributed by atoms with Crippen LogP contribution in [0.1, 0.15) is 38.8 Å². The van der Waals surface area contributed by atoms with Crippen LogP contribution in [0.3, 0.4) is 0 Å². The predicted octanol–water partition coefficient (Wildman–Crippen LogP) is 2.88. The lowest BCUT2D eigenvalue weighted by atomic mass is 10.1. The first-order valence-electron chi connectivity index (χ1n) is 5.62. The Kier molecular flexibility index (Phi) is 3.89. The molecule has 0 amide bonds. The molecular weight excluding hydrogens is 198 g/mol. The van der Waals surface area contributed by atoms with E-state index < -0.39 is 0 Å². The molecule has 16 heavy (non-hydrogen) atoms. The van der Waals surface area contributed by atoms with Gasteiger partial charge in [0.15, 0.2) is 0 Å². The Morgan fingerprint density at radius 2 is 1.81 bits per heavy atom. The molecule has 0 aliphatic rings. The highest BCUT2D eigenvalue weighted by Crippen LogP contribution is 2.20. The van der Waals surface area contributed by atoms with Crippen molar-refractivity contribution in [3.05, 3.63) is 23.4 Å². The third-order valence-electron chi connectivity index (χ3n) is 2.59. The summed E-state index contributed by atoms with van der Waals surface area (Å²) >= 11 is 0. The Bertz CT molecular complexity index is 394. The summed E-state index contributed by atoms with van der Waals surface area (Å²) < 4.78 is 0. The van der Waals surface area contributed by atoms with Crippen molar-refractivity contribution in [3.63, 3.8) is 0 Å². The van der Waals surface area contributed by atoms with Crippen molar-refractivity contribution in [1.29, 1.82) is 5.26 Å². The van der Waals surface area contributed by atoms with E-state index in [-0.39, 0.29) is 0 Å². The summed E-state index contributed by atoms with van der Waals surface area (Å²) in [6.45, 7) is 10.5. The number of nitriles is 1. The number of hydrogen-bond donors (Lipinski definition) is 0. The zero-order valence-electron chi connectivity index (χ0n) is 10.7. The normalized spacial score (nSPS) is 10.6. The molecule has 0 aliphatic heterocycles. The molecule has 1 aromatic rings. The molecule has 0 saturated carbocycles. The summed E-state index contributed by atoms with van der Waals surface area (Å²) in [5, 5.41) is 8.86. The topological polar surface area (TPSA) is 39.9 Å². The maximum atomic E-state index is 8.86. The van der Waals surface area contributed by atoms with Gasteiger partial charge in [0.25, 0.3) is 0 Å². The van der Waals surface area contributed by atoms with Crippen LogP contribution in [0, 0.1) is 18.3 Å². The Morgan fingerprint density at radius 3 is 2.19 bits per heavy atom. The fourth-order valence-electron chi connectivity index (χ4n) is 1.92. The minimum atomic E-state index is 0.403. The zero-order valence-corrected chi connectivity index (χ0v) is 10.7. The third-order valence-corrected chi connectivity index (χ3v) is 2.59. The number of nitrogens with zero attached hydrogens (tertiary/aromatic N) is 3. The van der Waals surface area contributed by atoms with Crippen LogP contribution in [0.15, 0.2) is 12.3 Å². The number of rotatable bonds is 3. The maximum absolute atomic E-state index is 8.86. The van der Waals surface area contributed by atoms with Crippen molar-refractivity contribution in [2.75, 3.05) is 4.90 Å². The second-order valence-corrected chi connectivity index (χ2v) is 4.56. The summed E-state index contributed by atoms with van der Waals surface area (Å²) in [6, 6.07) is 4.93. The summed E-state index contributed by atoms with van der Waals surface area (Å²) in [5.74, 6) is 0.946. The zero-order chi connectivity index (χ0) is 12.3. The van der Waals surface area contributed by atoms with Crippen LogP contribution in [0.4, 0.5) is 5.82 Å². The van der Waals surface area contributed by atoms with E-state index in [0.717, 1.165) is 11.4 Å². The lowest BCUT2D eigenvalue weighted by molar-refractivity contribution is 0.600. The van der Waals surface area contributed by atoms with Crippen LogP contribution in [-0.2, 0) is 0 Å². The first kappa shape index (κ1) is 12.5. The van der Waals surface area contributed by atoms with Gasteiger partial charge in [-0.3, -0.25) is 0 Å². The highest BCUT2D eigenvalue weighted by atomic mass is 15.2. The average molecular weight is 217 g/mol. The van der Waals surface area contributed by atoms with Gasteiger partial charge >= 0.3 is 0 Å². The Hall–Kier alpha value is -1.56. The molecule has 0 aliphatic carbocycles. The van der Waals surface area contributed by atoms with E-state index in [1.54, 1.807) is 6.20 Å². The van der Waals surface area contributed by atoms with Gasteiger partial charge in [-0.2, -0.15) is 5.26 Å². The molecular formula is C13H19N3. The smallest absolute Gasteiger partial charge is 0.129 e. The van der Waals surface area contributed by atoms with Crippen molar-refractivity contribution < 1.29 is 0 Å². The molecule has 3 nitrogen and oxygen atoms in total. The van der Waals surface area contributed by atoms with Gasteiger partial charge in [0, 0.05) is 18.3 Å². The maximum Gasteiger partial charge on any atom is 0.129 e. The summed E-state index contributed by atoms with van der Waals surface area (Å²) in [6.07, 6.45) is 1.66. The van der Waals surface area contributed by atoms with Crippen molar-refractivity contribution in [2.45, 2.75) is 46.7 Å². The molecule has 0 bridgehead atoms. The molecule has 0 spiro atoms. The summed E-state index contributed by atoms with van der Waals surface area (Å²) in [5.41, 5.74) is 1.63. The number of aromatic nitrogens is 1. The lowest BCUT2D eigenvalue weighted by Gasteiger charge is -2.32. The third kappa shape index (κ3) is 2.52. The van der Waals surface area contributed by atoms with Gasteiger partial charge in [-0.1, -0.05) is 0 Å². The molecule has 0 N–H and O–H groups in total. The van der Waals surface area contributed by atoms with Crippen LogP contribution in [0.25, 0.3) is 0 Å². The molecule has 0 saturated heterocycles. The van der Waals surface area contributed by atoms with Gasteiger partial charge < -0.3 is 4.90 Å². The van der Waals surface area contributed by atoms with Crippen LogP contribution in [0.2, 0.25) is 0 Å². The number of hydrogen-bond acceptors (Lipinski definition) is 3. The number of pyridine rings is 1. The van der Waals surface area contributed by atoms with Crippen LogP contribution in [-0.4, -0.2) is 17.1 Å². The monoisotopic (exact) mass is 217 g/mol. The van der Waals surface area contributed by atoms with Crippen molar-refractivity contribution >= 4 is 5.82 Å². The van der Waals surface area contributed by atoms with Gasteiger partial charge in [0.2, 0.25) is 0 Å². The van der Waals surface area contributed by atoms with Gasteiger partial charge in [-0.25, -0.2) is 4.98 Å². The average Bonchev–Trinajstić information content (AvgIpc) is 2.16. The molecule has 3 heteroatoms. The van der Waals surface area contributed by atoms with Gasteiger partial charge in [-0.15, -0.1) is 0 Å². The minimum absolute atomic E-state index is 0.403. The Balaban J connectivity index is 3.13. The second kappa shape index (κ2) is 4.98. The fraction of sp³-hybridized carbons (Fsp3) is 0.538. The van der Waals surface area contributed by atoms with Gasteiger partial charge in [-0.05, 0) is 46.2 Å². The standard InChI is InChI=1S/C13H19N3/c1-9(2)16(10(3)4)13-6-11(5)12(7-14)8-15-13/h6,8-10H,1-5H3. The van der Waals surface area contributed by atoms with E-state index in [2.05, 4.69) is 43.6 Å². The van der Waals surface area contributed by atoms with Gasteiger partial charge in [0.05, 0.1) is 5.56 Å². The van der Waals surface area contributed by atoms with Crippen molar-refractivity contribution in [3.8, 4) is 6.07 Å². The van der Waals surface area contributed by atoms with E-state index in [0.29, 0.717) is 17.6 Å². The Labute approximate surface area is 97.7 Å². The van der Waals surface area contributed by atoms with Crippen LogP contribution in [0.5, 0.6) is 0 Å². The fourth-order valence-corrected chi connectivity index (χ4v) is 1.92. The highest BCUT2D eigenvalue weighted by molar-refractivity contribution is 5.47. The van der Waals surface area contributed by atoms with E-state index in [4.69, 9.17) is 5.26 Å². The Morgan fingerprint density at radius 1 is 1.25 bits per heavy atom. The molecule has 0 atom stereocenters. The second-order valence-electron chi connectivity index (χ2n) is 4.56. The molecule has 86 valence electrons. The molecule has 0 aromatic carbocycles. The molecule has 1 heterocycles. The van der Waals surface area contributed by atoms with E-state index in [1.807, 2.05) is 13.0 Å². The van der Waals surface area contributed by atoms with E-state index >= 15 is 0 Å². The van der Waals surface area contributed by atoms with E-state index in [1.165, 1.54) is 0 Å². The molecule has 0 fully saturated rings. The quantitative estimate of drug-likeness (QED) is 0.781. The van der Waals surface area contributed by atoms with Crippen LogP contribution < -0.4 is 4.90 Å². The lowest BCUT2D eigenvalue weighted by Crippen LogP contribution is -2.37. The largest absolute Gasteiger partial charge is 0.352 e. The number of anilines is 1. The molecule has 0 unspecified atom stereocenters. The highest BCUT2D eigenvalue weighted by Gasteiger charge is 2.15. The molecule has 0 radical (unpaired) electrons. The first-order valence-corrected chi connectivity index (χ1v) is 5.62. The van der Waals surface area contributed by atoms with Crippen molar-refractivity contribution in [1.82, 2.24) is 4.98 Å². The summed E-state index contributed by atoms with van der Waals surface area (Å²) in [7, 11) is 0.